The minimum atomic E-state index is -0.613. The second-order valence-electron chi connectivity index (χ2n) is 7.93. The first-order valence-corrected chi connectivity index (χ1v) is 8.43. The zero-order chi connectivity index (χ0) is 16.4. The molecule has 0 aromatic heterocycles. The lowest BCUT2D eigenvalue weighted by atomic mass is 9.95. The highest BCUT2D eigenvalue weighted by Gasteiger charge is 2.46. The number of hydrogen-bond acceptors (Lipinski definition) is 4. The van der Waals surface area contributed by atoms with E-state index < -0.39 is 11.3 Å². The standard InChI is InChI=1S/C17H31NO4/c1-16(2,3)22-15(19)18-14(12-21-17(18,4)5)10-13-8-6-7-9-20-11-13/h13-14H,6-12H2,1-5H3. The fraction of sp³-hybridized carbons (Fsp3) is 0.941. The van der Waals surface area contributed by atoms with E-state index in [2.05, 4.69) is 0 Å². The van der Waals surface area contributed by atoms with Crippen molar-refractivity contribution >= 4 is 6.09 Å². The van der Waals surface area contributed by atoms with Gasteiger partial charge in [-0.25, -0.2) is 4.79 Å². The number of hydrogen-bond donors (Lipinski definition) is 0. The summed E-state index contributed by atoms with van der Waals surface area (Å²) < 4.78 is 17.1. The van der Waals surface area contributed by atoms with Gasteiger partial charge in [0.05, 0.1) is 12.6 Å². The zero-order valence-corrected chi connectivity index (χ0v) is 14.7. The van der Waals surface area contributed by atoms with E-state index in [4.69, 9.17) is 14.2 Å². The first-order valence-electron chi connectivity index (χ1n) is 8.43. The molecule has 0 saturated carbocycles. The Hall–Kier alpha value is -0.810. The van der Waals surface area contributed by atoms with Crippen LogP contribution in [0.5, 0.6) is 0 Å². The second kappa shape index (κ2) is 6.75. The summed E-state index contributed by atoms with van der Waals surface area (Å²) >= 11 is 0. The molecule has 2 rings (SSSR count). The predicted octanol–water partition coefficient (Wildman–Crippen LogP) is 3.57. The van der Waals surface area contributed by atoms with Crippen molar-refractivity contribution in [2.45, 2.75) is 77.7 Å². The molecule has 0 aromatic carbocycles. The number of carbonyl (C=O) groups excluding carboxylic acids is 1. The van der Waals surface area contributed by atoms with Gasteiger partial charge in [0.1, 0.15) is 11.3 Å². The van der Waals surface area contributed by atoms with E-state index in [1.54, 1.807) is 4.90 Å². The second-order valence-corrected chi connectivity index (χ2v) is 7.93. The highest BCUT2D eigenvalue weighted by atomic mass is 16.6. The molecule has 2 atom stereocenters. The van der Waals surface area contributed by atoms with E-state index in [1.807, 2.05) is 34.6 Å². The van der Waals surface area contributed by atoms with Gasteiger partial charge in [0.15, 0.2) is 0 Å². The molecule has 2 fully saturated rings. The van der Waals surface area contributed by atoms with Gasteiger partial charge >= 0.3 is 6.09 Å². The maximum Gasteiger partial charge on any atom is 0.412 e. The van der Waals surface area contributed by atoms with E-state index in [0.29, 0.717) is 12.5 Å². The zero-order valence-electron chi connectivity index (χ0n) is 14.7. The van der Waals surface area contributed by atoms with Crippen molar-refractivity contribution in [1.82, 2.24) is 4.90 Å². The van der Waals surface area contributed by atoms with Crippen LogP contribution in [0.25, 0.3) is 0 Å². The summed E-state index contributed by atoms with van der Waals surface area (Å²) in [5.74, 6) is 0.495. The van der Waals surface area contributed by atoms with Gasteiger partial charge in [-0.2, -0.15) is 0 Å². The van der Waals surface area contributed by atoms with Crippen LogP contribution in [-0.2, 0) is 14.2 Å². The smallest absolute Gasteiger partial charge is 0.412 e. The van der Waals surface area contributed by atoms with Crippen LogP contribution in [0.4, 0.5) is 4.79 Å². The average molecular weight is 313 g/mol. The molecule has 2 saturated heterocycles. The van der Waals surface area contributed by atoms with Gasteiger partial charge in [-0.1, -0.05) is 6.42 Å². The van der Waals surface area contributed by atoms with Crippen LogP contribution in [-0.4, -0.2) is 48.2 Å². The van der Waals surface area contributed by atoms with Crippen molar-refractivity contribution in [2.24, 2.45) is 5.92 Å². The van der Waals surface area contributed by atoms with Crippen molar-refractivity contribution in [3.63, 3.8) is 0 Å². The monoisotopic (exact) mass is 313 g/mol. The van der Waals surface area contributed by atoms with Gasteiger partial charge in [0.25, 0.3) is 0 Å². The Morgan fingerprint density at radius 2 is 2.00 bits per heavy atom. The Kier molecular flexibility index (Phi) is 5.38. The predicted molar refractivity (Wildman–Crippen MR) is 84.7 cm³/mol. The Labute approximate surface area is 134 Å². The lowest BCUT2D eigenvalue weighted by molar-refractivity contribution is -0.0634. The molecule has 0 radical (unpaired) electrons. The van der Waals surface area contributed by atoms with Crippen LogP contribution < -0.4 is 0 Å². The average Bonchev–Trinajstić information content (AvgIpc) is 2.55. The molecule has 128 valence electrons. The molecule has 0 aliphatic carbocycles. The molecule has 2 aliphatic heterocycles. The van der Waals surface area contributed by atoms with E-state index in [1.165, 1.54) is 12.8 Å². The van der Waals surface area contributed by atoms with Crippen LogP contribution >= 0.6 is 0 Å². The van der Waals surface area contributed by atoms with Gasteiger partial charge in [0.2, 0.25) is 0 Å². The third-order valence-electron chi connectivity index (χ3n) is 4.27. The lowest BCUT2D eigenvalue weighted by Crippen LogP contribution is -2.50. The molecule has 2 aliphatic rings. The molecular weight excluding hydrogens is 282 g/mol. The van der Waals surface area contributed by atoms with Crippen LogP contribution in [0.15, 0.2) is 0 Å². The lowest BCUT2D eigenvalue weighted by Gasteiger charge is -2.36. The van der Waals surface area contributed by atoms with Gasteiger partial charge in [-0.3, -0.25) is 4.90 Å². The van der Waals surface area contributed by atoms with Gasteiger partial charge < -0.3 is 14.2 Å². The molecule has 0 bridgehead atoms. The number of carbonyl (C=O) groups is 1. The topological polar surface area (TPSA) is 48.0 Å². The highest BCUT2D eigenvalue weighted by molar-refractivity contribution is 5.69. The van der Waals surface area contributed by atoms with Gasteiger partial charge in [0, 0.05) is 13.2 Å². The first kappa shape index (κ1) is 17.5. The normalized spacial score (nSPS) is 29.2. The summed E-state index contributed by atoms with van der Waals surface area (Å²) in [6.07, 6.45) is 4.14. The first-order chi connectivity index (χ1) is 10.2. The molecule has 1 amide bonds. The minimum Gasteiger partial charge on any atom is -0.444 e. The van der Waals surface area contributed by atoms with Crippen molar-refractivity contribution in [3.8, 4) is 0 Å². The van der Waals surface area contributed by atoms with Gasteiger partial charge in [-0.05, 0) is 59.8 Å². The minimum absolute atomic E-state index is 0.0662. The molecule has 0 spiro atoms. The summed E-state index contributed by atoms with van der Waals surface area (Å²) in [7, 11) is 0. The molecule has 0 aromatic rings. The molecular formula is C17H31NO4. The SMILES string of the molecule is CC(C)(C)OC(=O)N1C(CC2CCCCOC2)COC1(C)C. The summed E-state index contributed by atoms with van der Waals surface area (Å²) in [5.41, 5.74) is -1.11. The maximum atomic E-state index is 12.6. The van der Waals surface area contributed by atoms with Crippen molar-refractivity contribution < 1.29 is 19.0 Å². The molecule has 2 heterocycles. The number of rotatable bonds is 2. The van der Waals surface area contributed by atoms with E-state index >= 15 is 0 Å². The summed E-state index contributed by atoms with van der Waals surface area (Å²) in [6.45, 7) is 11.8. The molecule has 5 nitrogen and oxygen atoms in total. The van der Waals surface area contributed by atoms with Crippen LogP contribution in [0.3, 0.4) is 0 Å². The number of nitrogens with zero attached hydrogens (tertiary/aromatic N) is 1. The highest BCUT2D eigenvalue weighted by Crippen LogP contribution is 2.33. The van der Waals surface area contributed by atoms with Crippen molar-refractivity contribution in [2.75, 3.05) is 19.8 Å². The van der Waals surface area contributed by atoms with E-state index in [-0.39, 0.29) is 12.1 Å². The number of amides is 1. The number of ether oxygens (including phenoxy) is 3. The molecule has 0 N–H and O–H groups in total. The van der Waals surface area contributed by atoms with Crippen LogP contribution in [0.2, 0.25) is 0 Å². The Morgan fingerprint density at radius 1 is 1.27 bits per heavy atom. The van der Waals surface area contributed by atoms with Crippen LogP contribution in [0.1, 0.15) is 60.3 Å². The van der Waals surface area contributed by atoms with Crippen LogP contribution in [0, 0.1) is 5.92 Å². The van der Waals surface area contributed by atoms with E-state index in [9.17, 15) is 4.79 Å². The summed E-state index contributed by atoms with van der Waals surface area (Å²) in [6, 6.07) is 0.0662. The largest absolute Gasteiger partial charge is 0.444 e. The Bertz CT molecular complexity index is 381. The fourth-order valence-corrected chi connectivity index (χ4v) is 3.28. The van der Waals surface area contributed by atoms with Crippen molar-refractivity contribution in [1.29, 1.82) is 0 Å². The third kappa shape index (κ3) is 4.59. The molecule has 22 heavy (non-hydrogen) atoms. The molecule has 5 heteroatoms. The van der Waals surface area contributed by atoms with Crippen molar-refractivity contribution in [3.05, 3.63) is 0 Å². The van der Waals surface area contributed by atoms with Gasteiger partial charge in [-0.15, -0.1) is 0 Å². The third-order valence-corrected chi connectivity index (χ3v) is 4.27. The summed E-state index contributed by atoms with van der Waals surface area (Å²) in [5, 5.41) is 0. The Morgan fingerprint density at radius 3 is 2.68 bits per heavy atom. The fourth-order valence-electron chi connectivity index (χ4n) is 3.28. The Balaban J connectivity index is 2.03. The maximum absolute atomic E-state index is 12.6. The molecule has 2 unspecified atom stereocenters. The quantitative estimate of drug-likeness (QED) is 0.782. The van der Waals surface area contributed by atoms with E-state index in [0.717, 1.165) is 26.1 Å². The summed E-state index contributed by atoms with van der Waals surface area (Å²) in [4.78, 5) is 14.4.